The Morgan fingerprint density at radius 1 is 1.11 bits per heavy atom. The highest BCUT2D eigenvalue weighted by Crippen LogP contribution is 2.30. The lowest BCUT2D eigenvalue weighted by atomic mass is 9.94. The average Bonchev–Trinajstić information content (AvgIpc) is 2.66. The first-order valence-corrected chi connectivity index (χ1v) is 6.93. The second-order valence-electron chi connectivity index (χ2n) is 5.33. The van der Waals surface area contributed by atoms with Crippen molar-refractivity contribution in [3.8, 4) is 0 Å². The van der Waals surface area contributed by atoms with Gasteiger partial charge in [0, 0.05) is 12.1 Å². The molecule has 1 fully saturated rings. The molecule has 0 heterocycles. The first-order valence-electron chi connectivity index (χ1n) is 6.93. The molecule has 0 atom stereocenters. The molecule has 1 aromatic rings. The Hall–Kier alpha value is -1.00. The molecule has 0 radical (unpaired) electrons. The fourth-order valence-electron chi connectivity index (χ4n) is 2.67. The van der Waals surface area contributed by atoms with E-state index in [2.05, 4.69) is 0 Å². The highest BCUT2D eigenvalue weighted by molar-refractivity contribution is 5.18. The minimum absolute atomic E-state index is 0.0841. The normalized spacial score (nSPS) is 19.1. The SMILES string of the molecule is NCC1(OCc2cc(F)ccc2F)CCCCCC1. The number of hydrogen-bond donors (Lipinski definition) is 1. The Balaban J connectivity index is 2.04. The topological polar surface area (TPSA) is 35.2 Å². The van der Waals surface area contributed by atoms with Crippen LogP contribution in [0.2, 0.25) is 0 Å². The van der Waals surface area contributed by atoms with E-state index in [4.69, 9.17) is 10.5 Å². The van der Waals surface area contributed by atoms with Crippen LogP contribution in [0, 0.1) is 11.6 Å². The van der Waals surface area contributed by atoms with Gasteiger partial charge in [-0.25, -0.2) is 8.78 Å². The molecule has 0 spiro atoms. The van der Waals surface area contributed by atoms with Crippen LogP contribution in [-0.4, -0.2) is 12.1 Å². The molecule has 0 bridgehead atoms. The summed E-state index contributed by atoms with van der Waals surface area (Å²) in [6, 6.07) is 3.44. The maximum atomic E-state index is 13.6. The van der Waals surface area contributed by atoms with Crippen molar-refractivity contribution in [2.45, 2.75) is 50.7 Å². The van der Waals surface area contributed by atoms with E-state index in [0.29, 0.717) is 6.54 Å². The Morgan fingerprint density at radius 3 is 2.42 bits per heavy atom. The molecule has 1 saturated carbocycles. The van der Waals surface area contributed by atoms with E-state index >= 15 is 0 Å². The lowest BCUT2D eigenvalue weighted by Gasteiger charge is -2.31. The van der Waals surface area contributed by atoms with Crippen LogP contribution in [-0.2, 0) is 11.3 Å². The molecule has 0 unspecified atom stereocenters. The van der Waals surface area contributed by atoms with Crippen LogP contribution in [0.5, 0.6) is 0 Å². The van der Waals surface area contributed by atoms with Crippen molar-refractivity contribution < 1.29 is 13.5 Å². The molecule has 2 rings (SSSR count). The first-order chi connectivity index (χ1) is 9.15. The summed E-state index contributed by atoms with van der Waals surface area (Å²) in [6.07, 6.45) is 6.37. The molecule has 1 aliphatic rings. The standard InChI is InChI=1S/C15H21F2NO/c16-13-5-6-14(17)12(9-13)10-19-15(11-18)7-3-1-2-4-8-15/h5-6,9H,1-4,7-8,10-11,18H2. The molecule has 0 aromatic heterocycles. The van der Waals surface area contributed by atoms with Crippen molar-refractivity contribution in [3.05, 3.63) is 35.4 Å². The molecular formula is C15H21F2NO. The number of halogens is 2. The van der Waals surface area contributed by atoms with Crippen LogP contribution in [0.25, 0.3) is 0 Å². The third-order valence-corrected chi connectivity index (χ3v) is 3.93. The van der Waals surface area contributed by atoms with Gasteiger partial charge in [-0.1, -0.05) is 25.7 Å². The summed E-state index contributed by atoms with van der Waals surface area (Å²) >= 11 is 0. The lowest BCUT2D eigenvalue weighted by molar-refractivity contribution is -0.0611. The van der Waals surface area contributed by atoms with Gasteiger partial charge in [0.15, 0.2) is 0 Å². The van der Waals surface area contributed by atoms with E-state index in [1.165, 1.54) is 18.9 Å². The van der Waals surface area contributed by atoms with Gasteiger partial charge >= 0.3 is 0 Å². The van der Waals surface area contributed by atoms with E-state index in [-0.39, 0.29) is 17.8 Å². The number of ether oxygens (including phenoxy) is 1. The summed E-state index contributed by atoms with van der Waals surface area (Å²) in [4.78, 5) is 0. The number of rotatable bonds is 4. The zero-order chi connectivity index (χ0) is 13.7. The molecule has 4 heteroatoms. The van der Waals surface area contributed by atoms with E-state index in [1.54, 1.807) is 0 Å². The average molecular weight is 269 g/mol. The van der Waals surface area contributed by atoms with Crippen molar-refractivity contribution >= 4 is 0 Å². The molecular weight excluding hydrogens is 248 g/mol. The van der Waals surface area contributed by atoms with Crippen LogP contribution in [0.15, 0.2) is 18.2 Å². The van der Waals surface area contributed by atoms with Crippen LogP contribution in [0.3, 0.4) is 0 Å². The Kier molecular flexibility index (Phi) is 4.88. The van der Waals surface area contributed by atoms with Gasteiger partial charge in [0.1, 0.15) is 11.6 Å². The predicted molar refractivity (Wildman–Crippen MR) is 70.6 cm³/mol. The predicted octanol–water partition coefficient (Wildman–Crippen LogP) is 3.53. The van der Waals surface area contributed by atoms with Gasteiger partial charge in [-0.3, -0.25) is 0 Å². The smallest absolute Gasteiger partial charge is 0.128 e. The number of benzene rings is 1. The molecule has 2 N–H and O–H groups in total. The van der Waals surface area contributed by atoms with E-state index in [1.807, 2.05) is 0 Å². The summed E-state index contributed by atoms with van der Waals surface area (Å²) in [7, 11) is 0. The van der Waals surface area contributed by atoms with Gasteiger partial charge in [-0.2, -0.15) is 0 Å². The molecule has 106 valence electrons. The maximum Gasteiger partial charge on any atom is 0.128 e. The maximum absolute atomic E-state index is 13.6. The zero-order valence-electron chi connectivity index (χ0n) is 11.1. The van der Waals surface area contributed by atoms with Gasteiger partial charge in [0.2, 0.25) is 0 Å². The summed E-state index contributed by atoms with van der Waals surface area (Å²) in [5.74, 6) is -0.871. The molecule has 1 aromatic carbocycles. The Morgan fingerprint density at radius 2 is 1.79 bits per heavy atom. The van der Waals surface area contributed by atoms with Crippen LogP contribution >= 0.6 is 0 Å². The van der Waals surface area contributed by atoms with E-state index in [9.17, 15) is 8.78 Å². The van der Waals surface area contributed by atoms with Crippen molar-refractivity contribution in [2.24, 2.45) is 5.73 Å². The Labute approximate surface area is 112 Å². The second kappa shape index (κ2) is 6.44. The van der Waals surface area contributed by atoms with Crippen LogP contribution in [0.4, 0.5) is 8.78 Å². The molecule has 0 amide bonds. The summed E-state index contributed by atoms with van der Waals surface area (Å²) in [5, 5.41) is 0. The van der Waals surface area contributed by atoms with Gasteiger partial charge in [0.05, 0.1) is 12.2 Å². The van der Waals surface area contributed by atoms with Crippen LogP contribution < -0.4 is 5.73 Å². The summed E-state index contributed by atoms with van der Waals surface area (Å²) < 4.78 is 32.6. The van der Waals surface area contributed by atoms with Gasteiger partial charge in [-0.15, -0.1) is 0 Å². The van der Waals surface area contributed by atoms with Crippen molar-refractivity contribution in [1.29, 1.82) is 0 Å². The third kappa shape index (κ3) is 3.74. The largest absolute Gasteiger partial charge is 0.369 e. The number of nitrogens with two attached hydrogens (primary N) is 1. The summed E-state index contributed by atoms with van der Waals surface area (Å²) in [6.45, 7) is 0.519. The van der Waals surface area contributed by atoms with E-state index < -0.39 is 11.6 Å². The quantitative estimate of drug-likeness (QED) is 0.849. The van der Waals surface area contributed by atoms with Gasteiger partial charge < -0.3 is 10.5 Å². The van der Waals surface area contributed by atoms with Crippen molar-refractivity contribution in [2.75, 3.05) is 6.54 Å². The van der Waals surface area contributed by atoms with E-state index in [0.717, 1.165) is 37.8 Å². The Bertz CT molecular complexity index is 415. The molecule has 0 aliphatic heterocycles. The van der Waals surface area contributed by atoms with Gasteiger partial charge in [-0.05, 0) is 31.0 Å². The fraction of sp³-hybridized carbons (Fsp3) is 0.600. The monoisotopic (exact) mass is 269 g/mol. The number of hydrogen-bond acceptors (Lipinski definition) is 2. The van der Waals surface area contributed by atoms with Crippen molar-refractivity contribution in [1.82, 2.24) is 0 Å². The van der Waals surface area contributed by atoms with Crippen LogP contribution in [0.1, 0.15) is 44.1 Å². The summed E-state index contributed by atoms with van der Waals surface area (Å²) in [5.41, 5.74) is 5.74. The minimum atomic E-state index is -0.442. The lowest BCUT2D eigenvalue weighted by Crippen LogP contribution is -2.40. The minimum Gasteiger partial charge on any atom is -0.369 e. The first kappa shape index (κ1) is 14.4. The molecule has 1 aliphatic carbocycles. The fourth-order valence-corrected chi connectivity index (χ4v) is 2.67. The third-order valence-electron chi connectivity index (χ3n) is 3.93. The van der Waals surface area contributed by atoms with Gasteiger partial charge in [0.25, 0.3) is 0 Å². The zero-order valence-corrected chi connectivity index (χ0v) is 11.1. The highest BCUT2D eigenvalue weighted by atomic mass is 19.1. The van der Waals surface area contributed by atoms with Crippen molar-refractivity contribution in [3.63, 3.8) is 0 Å². The second-order valence-corrected chi connectivity index (χ2v) is 5.33. The molecule has 19 heavy (non-hydrogen) atoms. The molecule has 0 saturated heterocycles. The highest BCUT2D eigenvalue weighted by Gasteiger charge is 2.30. The molecule has 2 nitrogen and oxygen atoms in total.